The highest BCUT2D eigenvalue weighted by atomic mass is 32.1. The number of benzene rings is 1. The molecule has 0 unspecified atom stereocenters. The molecule has 0 radical (unpaired) electrons. The summed E-state index contributed by atoms with van der Waals surface area (Å²) < 4.78 is 13.0. The van der Waals surface area contributed by atoms with Crippen LogP contribution in [-0.2, 0) is 4.79 Å². The number of nitrogens with one attached hydrogen (secondary N) is 1. The molecule has 0 spiro atoms. The van der Waals surface area contributed by atoms with Crippen LogP contribution in [0.25, 0.3) is 10.6 Å². The summed E-state index contributed by atoms with van der Waals surface area (Å²) in [5, 5.41) is 13.7. The van der Waals surface area contributed by atoms with E-state index in [-0.39, 0.29) is 24.0 Å². The van der Waals surface area contributed by atoms with Gasteiger partial charge in [0.1, 0.15) is 22.6 Å². The van der Waals surface area contributed by atoms with Crippen LogP contribution in [0.4, 0.5) is 4.39 Å². The van der Waals surface area contributed by atoms with Crippen LogP contribution < -0.4 is 5.32 Å². The summed E-state index contributed by atoms with van der Waals surface area (Å²) in [4.78, 5) is 30.0. The number of nitriles is 1. The van der Waals surface area contributed by atoms with Crippen LogP contribution in [0.3, 0.4) is 0 Å². The fourth-order valence-electron chi connectivity index (χ4n) is 2.65. The van der Waals surface area contributed by atoms with Crippen molar-refractivity contribution in [1.82, 2.24) is 15.2 Å². The number of amides is 2. The summed E-state index contributed by atoms with van der Waals surface area (Å²) in [5.41, 5.74) is 0.922. The second kappa shape index (κ2) is 7.40. The highest BCUT2D eigenvalue weighted by Crippen LogP contribution is 2.23. The van der Waals surface area contributed by atoms with Gasteiger partial charge in [-0.05, 0) is 37.1 Å². The molecule has 1 atom stereocenters. The molecule has 128 valence electrons. The molecule has 6 nitrogen and oxygen atoms in total. The van der Waals surface area contributed by atoms with E-state index in [1.807, 2.05) is 0 Å². The molecule has 1 fully saturated rings. The van der Waals surface area contributed by atoms with E-state index in [0.29, 0.717) is 18.0 Å². The molecule has 1 saturated heterocycles. The van der Waals surface area contributed by atoms with Crippen LogP contribution in [0.1, 0.15) is 23.3 Å². The maximum atomic E-state index is 13.0. The Labute approximate surface area is 147 Å². The van der Waals surface area contributed by atoms with Gasteiger partial charge in [0.15, 0.2) is 0 Å². The van der Waals surface area contributed by atoms with Gasteiger partial charge in [-0.1, -0.05) is 0 Å². The van der Waals surface area contributed by atoms with E-state index in [4.69, 9.17) is 5.26 Å². The van der Waals surface area contributed by atoms with Gasteiger partial charge in [-0.15, -0.1) is 11.3 Å². The molecule has 2 amide bonds. The van der Waals surface area contributed by atoms with E-state index in [9.17, 15) is 14.0 Å². The van der Waals surface area contributed by atoms with Crippen LogP contribution in [0.15, 0.2) is 29.6 Å². The Balaban J connectivity index is 1.60. The van der Waals surface area contributed by atoms with Gasteiger partial charge in [0.05, 0.1) is 12.6 Å². The Bertz CT molecular complexity index is 828. The number of hydrogen-bond acceptors (Lipinski definition) is 5. The first-order chi connectivity index (χ1) is 12.1. The van der Waals surface area contributed by atoms with Gasteiger partial charge < -0.3 is 10.2 Å². The van der Waals surface area contributed by atoms with E-state index < -0.39 is 11.9 Å². The number of carbonyl (C=O) groups is 2. The molecule has 1 aromatic heterocycles. The predicted molar refractivity (Wildman–Crippen MR) is 90.2 cm³/mol. The minimum absolute atomic E-state index is 0.166. The van der Waals surface area contributed by atoms with Gasteiger partial charge >= 0.3 is 0 Å². The van der Waals surface area contributed by atoms with Crippen molar-refractivity contribution < 1.29 is 14.0 Å². The largest absolute Gasteiger partial charge is 0.342 e. The first kappa shape index (κ1) is 17.0. The molecule has 1 aromatic carbocycles. The number of thiazole rings is 1. The SMILES string of the molecule is N#C[C@@H]1CCCN1C(=O)CNC(=O)c1csc(-c2ccc(F)cc2)n1. The van der Waals surface area contributed by atoms with Crippen molar-refractivity contribution in [3.63, 3.8) is 0 Å². The van der Waals surface area contributed by atoms with Crippen LogP contribution in [0, 0.1) is 17.1 Å². The maximum absolute atomic E-state index is 13.0. The Hall–Kier alpha value is -2.79. The summed E-state index contributed by atoms with van der Waals surface area (Å²) in [5.74, 6) is -1.06. The van der Waals surface area contributed by atoms with Gasteiger partial charge in [-0.2, -0.15) is 5.26 Å². The van der Waals surface area contributed by atoms with E-state index in [0.717, 1.165) is 12.0 Å². The molecule has 0 aliphatic carbocycles. The average molecular weight is 358 g/mol. The zero-order chi connectivity index (χ0) is 17.8. The third-order valence-electron chi connectivity index (χ3n) is 3.95. The fourth-order valence-corrected chi connectivity index (χ4v) is 3.46. The number of carbonyl (C=O) groups excluding carboxylic acids is 2. The average Bonchev–Trinajstić information content (AvgIpc) is 3.29. The number of halogens is 1. The lowest BCUT2D eigenvalue weighted by atomic mass is 10.2. The lowest BCUT2D eigenvalue weighted by Gasteiger charge is -2.19. The molecule has 2 aromatic rings. The molecule has 25 heavy (non-hydrogen) atoms. The molecule has 8 heteroatoms. The normalized spacial score (nSPS) is 16.5. The topological polar surface area (TPSA) is 86.1 Å². The van der Waals surface area contributed by atoms with Crippen LogP contribution in [0.2, 0.25) is 0 Å². The molecule has 3 rings (SSSR count). The molecule has 1 N–H and O–H groups in total. The van der Waals surface area contributed by atoms with Crippen molar-refractivity contribution in [2.75, 3.05) is 13.1 Å². The molecule has 0 bridgehead atoms. The minimum atomic E-state index is -0.453. The first-order valence-corrected chi connectivity index (χ1v) is 8.65. The standard InChI is InChI=1S/C17H15FN4O2S/c18-12-5-3-11(4-6-12)17-21-14(10-25-17)16(24)20-9-15(23)22-7-1-2-13(22)8-19/h3-6,10,13H,1-2,7,9H2,(H,20,24)/t13-/m0/s1. The van der Waals surface area contributed by atoms with E-state index in [2.05, 4.69) is 16.4 Å². The second-order valence-corrected chi connectivity index (χ2v) is 6.46. The zero-order valence-electron chi connectivity index (χ0n) is 13.2. The number of rotatable bonds is 4. The Kier molecular flexibility index (Phi) is 5.05. The summed E-state index contributed by atoms with van der Waals surface area (Å²) in [7, 11) is 0. The van der Waals surface area contributed by atoms with Crippen molar-refractivity contribution in [1.29, 1.82) is 5.26 Å². The van der Waals surface area contributed by atoms with Crippen molar-refractivity contribution >= 4 is 23.2 Å². The monoisotopic (exact) mass is 358 g/mol. The number of aromatic nitrogens is 1. The van der Waals surface area contributed by atoms with Gasteiger partial charge in [-0.25, -0.2) is 9.37 Å². The number of nitrogens with zero attached hydrogens (tertiary/aromatic N) is 3. The number of hydrogen-bond donors (Lipinski definition) is 1. The summed E-state index contributed by atoms with van der Waals surface area (Å²) >= 11 is 1.27. The van der Waals surface area contributed by atoms with Crippen LogP contribution >= 0.6 is 11.3 Å². The van der Waals surface area contributed by atoms with E-state index in [1.165, 1.54) is 28.4 Å². The lowest BCUT2D eigenvalue weighted by Crippen LogP contribution is -2.42. The summed E-state index contributed by atoms with van der Waals surface area (Å²) in [6.07, 6.45) is 1.47. The third kappa shape index (κ3) is 3.83. The molecular weight excluding hydrogens is 343 g/mol. The van der Waals surface area contributed by atoms with E-state index in [1.54, 1.807) is 17.5 Å². The lowest BCUT2D eigenvalue weighted by molar-refractivity contribution is -0.130. The minimum Gasteiger partial charge on any atom is -0.342 e. The molecule has 1 aliphatic heterocycles. The third-order valence-corrected chi connectivity index (χ3v) is 4.84. The van der Waals surface area contributed by atoms with Gasteiger partial charge in [0.25, 0.3) is 5.91 Å². The smallest absolute Gasteiger partial charge is 0.271 e. The summed E-state index contributed by atoms with van der Waals surface area (Å²) in [6, 6.07) is 7.53. The molecule has 1 aliphatic rings. The Morgan fingerprint density at radius 2 is 2.16 bits per heavy atom. The van der Waals surface area contributed by atoms with Crippen molar-refractivity contribution in [2.24, 2.45) is 0 Å². The second-order valence-electron chi connectivity index (χ2n) is 5.60. The van der Waals surface area contributed by atoms with Crippen molar-refractivity contribution in [3.8, 4) is 16.6 Å². The molecule has 0 saturated carbocycles. The molecule has 2 heterocycles. The predicted octanol–water partition coefficient (Wildman–Crippen LogP) is 2.19. The summed E-state index contributed by atoms with van der Waals surface area (Å²) in [6.45, 7) is 0.374. The quantitative estimate of drug-likeness (QED) is 0.908. The van der Waals surface area contributed by atoms with Gasteiger partial charge in [0, 0.05) is 17.5 Å². The van der Waals surface area contributed by atoms with E-state index >= 15 is 0 Å². The molecular formula is C17H15FN4O2S. The van der Waals surface area contributed by atoms with Gasteiger partial charge in [0.2, 0.25) is 5.91 Å². The highest BCUT2D eigenvalue weighted by molar-refractivity contribution is 7.13. The van der Waals surface area contributed by atoms with Crippen LogP contribution in [0.5, 0.6) is 0 Å². The number of likely N-dealkylation sites (tertiary alicyclic amines) is 1. The van der Waals surface area contributed by atoms with Crippen LogP contribution in [-0.4, -0.2) is 40.8 Å². The highest BCUT2D eigenvalue weighted by Gasteiger charge is 2.28. The fraction of sp³-hybridized carbons (Fsp3) is 0.294. The van der Waals surface area contributed by atoms with Crippen molar-refractivity contribution in [3.05, 3.63) is 41.2 Å². The zero-order valence-corrected chi connectivity index (χ0v) is 14.1. The first-order valence-electron chi connectivity index (χ1n) is 7.77. The Morgan fingerprint density at radius 3 is 2.88 bits per heavy atom. The maximum Gasteiger partial charge on any atom is 0.271 e. The Morgan fingerprint density at radius 1 is 1.40 bits per heavy atom. The van der Waals surface area contributed by atoms with Crippen molar-refractivity contribution in [2.45, 2.75) is 18.9 Å². The van der Waals surface area contributed by atoms with Gasteiger partial charge in [-0.3, -0.25) is 9.59 Å².